The summed E-state index contributed by atoms with van der Waals surface area (Å²) >= 11 is 0. The minimum atomic E-state index is -1.27. The van der Waals surface area contributed by atoms with Gasteiger partial charge in [-0.2, -0.15) is 4.39 Å². The Morgan fingerprint density at radius 2 is 2.33 bits per heavy atom. The fraction of sp³-hybridized carbons (Fsp3) is 0.500. The quantitative estimate of drug-likeness (QED) is 0.809. The number of amides is 1. The van der Waals surface area contributed by atoms with E-state index in [1.54, 1.807) is 6.92 Å². The molecule has 2 atom stereocenters. The Morgan fingerprint density at radius 3 is 2.94 bits per heavy atom. The molecule has 0 spiro atoms. The third kappa shape index (κ3) is 2.33. The van der Waals surface area contributed by atoms with E-state index in [0.29, 0.717) is 19.5 Å². The molecule has 0 radical (unpaired) electrons. The Bertz CT molecular complexity index is 465. The second-order valence-corrected chi connectivity index (χ2v) is 4.50. The molecule has 18 heavy (non-hydrogen) atoms. The zero-order chi connectivity index (χ0) is 13.3. The second kappa shape index (κ2) is 4.97. The van der Waals surface area contributed by atoms with Gasteiger partial charge in [0.25, 0.3) is 5.91 Å². The van der Waals surface area contributed by atoms with E-state index in [-0.39, 0.29) is 11.5 Å². The Hall–Kier alpha value is -1.56. The molecule has 2 unspecified atom stereocenters. The van der Waals surface area contributed by atoms with Crippen molar-refractivity contribution < 1.29 is 18.7 Å². The first-order valence-corrected chi connectivity index (χ1v) is 5.78. The van der Waals surface area contributed by atoms with E-state index < -0.39 is 23.8 Å². The van der Waals surface area contributed by atoms with Crippen molar-refractivity contribution in [3.8, 4) is 0 Å². The van der Waals surface area contributed by atoms with Gasteiger partial charge in [0.2, 0.25) is 5.95 Å². The number of nitrogens with zero attached hydrogens (tertiary/aromatic N) is 2. The highest BCUT2D eigenvalue weighted by atomic mass is 19.2. The molecule has 0 saturated carbocycles. The third-order valence-corrected chi connectivity index (χ3v) is 3.27. The fourth-order valence-corrected chi connectivity index (χ4v) is 2.12. The Kier molecular flexibility index (Phi) is 3.56. The predicted octanol–water partition coefficient (Wildman–Crippen LogP) is 1.20. The maximum Gasteiger partial charge on any atom is 0.257 e. The molecule has 2 rings (SSSR count). The summed E-state index contributed by atoms with van der Waals surface area (Å²) in [5, 5.41) is 9.44. The van der Waals surface area contributed by atoms with E-state index >= 15 is 0 Å². The monoisotopic (exact) mass is 256 g/mol. The molecule has 1 aromatic rings. The number of aliphatic hydroxyl groups excluding tert-OH is 1. The average molecular weight is 256 g/mol. The molecule has 6 heteroatoms. The van der Waals surface area contributed by atoms with Crippen molar-refractivity contribution in [3.63, 3.8) is 0 Å². The van der Waals surface area contributed by atoms with Crippen LogP contribution in [0, 0.1) is 17.7 Å². The second-order valence-electron chi connectivity index (χ2n) is 4.50. The molecule has 1 amide bonds. The average Bonchev–Trinajstić information content (AvgIpc) is 2.81. The van der Waals surface area contributed by atoms with E-state index in [0.717, 1.165) is 12.3 Å². The van der Waals surface area contributed by atoms with Crippen LogP contribution in [0.1, 0.15) is 23.7 Å². The molecule has 2 heterocycles. The molecule has 98 valence electrons. The molecule has 1 aliphatic rings. The van der Waals surface area contributed by atoms with Crippen LogP contribution in [0.4, 0.5) is 8.78 Å². The number of likely N-dealkylation sites (tertiary alicyclic amines) is 1. The highest BCUT2D eigenvalue weighted by molar-refractivity contribution is 5.94. The van der Waals surface area contributed by atoms with E-state index in [4.69, 9.17) is 0 Å². The number of rotatable bonds is 2. The molecule has 0 aromatic carbocycles. The van der Waals surface area contributed by atoms with Crippen molar-refractivity contribution in [3.05, 3.63) is 29.6 Å². The molecule has 0 bridgehead atoms. The lowest BCUT2D eigenvalue weighted by Gasteiger charge is -2.18. The molecule has 1 N–H and O–H groups in total. The molecule has 4 nitrogen and oxygen atoms in total. The van der Waals surface area contributed by atoms with Crippen LogP contribution in [0.5, 0.6) is 0 Å². The van der Waals surface area contributed by atoms with Crippen molar-refractivity contribution >= 4 is 5.91 Å². The summed E-state index contributed by atoms with van der Waals surface area (Å²) in [6.45, 7) is 2.46. The summed E-state index contributed by atoms with van der Waals surface area (Å²) < 4.78 is 26.4. The van der Waals surface area contributed by atoms with Crippen LogP contribution in [-0.2, 0) is 0 Å². The van der Waals surface area contributed by atoms with Crippen LogP contribution in [-0.4, -0.2) is 40.1 Å². The predicted molar refractivity (Wildman–Crippen MR) is 59.8 cm³/mol. The normalized spacial score (nSPS) is 21.1. The van der Waals surface area contributed by atoms with Crippen molar-refractivity contribution in [1.29, 1.82) is 0 Å². The SMILES string of the molecule is CC(O)C1CCN(C(=O)c2ccnc(F)c2F)C1. The smallest absolute Gasteiger partial charge is 0.257 e. The lowest BCUT2D eigenvalue weighted by Crippen LogP contribution is -2.31. The zero-order valence-corrected chi connectivity index (χ0v) is 9.94. The minimum absolute atomic E-state index is 0.0105. The first kappa shape index (κ1) is 12.9. The largest absolute Gasteiger partial charge is 0.393 e. The number of aromatic nitrogens is 1. The Balaban J connectivity index is 2.16. The Labute approximate surface area is 103 Å². The topological polar surface area (TPSA) is 53.4 Å². The number of carbonyl (C=O) groups is 1. The van der Waals surface area contributed by atoms with Crippen LogP contribution in [0.25, 0.3) is 0 Å². The number of halogens is 2. The first-order chi connectivity index (χ1) is 8.50. The maximum atomic E-state index is 13.4. The number of carbonyl (C=O) groups excluding carboxylic acids is 1. The van der Waals surface area contributed by atoms with Crippen molar-refractivity contribution in [2.24, 2.45) is 5.92 Å². The lowest BCUT2D eigenvalue weighted by molar-refractivity contribution is 0.0756. The number of aliphatic hydroxyl groups is 1. The lowest BCUT2D eigenvalue weighted by atomic mass is 10.0. The molecule has 1 aromatic heterocycles. The van der Waals surface area contributed by atoms with E-state index in [1.807, 2.05) is 0 Å². The van der Waals surface area contributed by atoms with Gasteiger partial charge in [0, 0.05) is 25.2 Å². The van der Waals surface area contributed by atoms with Gasteiger partial charge in [0.05, 0.1) is 11.7 Å². The van der Waals surface area contributed by atoms with E-state index in [2.05, 4.69) is 4.98 Å². The summed E-state index contributed by atoms with van der Waals surface area (Å²) in [6.07, 6.45) is 1.22. The summed E-state index contributed by atoms with van der Waals surface area (Å²) in [6, 6.07) is 1.16. The Morgan fingerprint density at radius 1 is 1.61 bits per heavy atom. The minimum Gasteiger partial charge on any atom is -0.393 e. The molecular formula is C12H14F2N2O2. The first-order valence-electron chi connectivity index (χ1n) is 5.78. The molecular weight excluding hydrogens is 242 g/mol. The van der Waals surface area contributed by atoms with Gasteiger partial charge in [-0.3, -0.25) is 4.79 Å². The standard InChI is InChI=1S/C12H14F2N2O2/c1-7(17)8-3-5-16(6-8)12(18)9-2-4-15-11(14)10(9)13/h2,4,7-8,17H,3,5-6H2,1H3. The van der Waals surface area contributed by atoms with E-state index in [1.165, 1.54) is 4.90 Å². The van der Waals surface area contributed by atoms with Gasteiger partial charge in [0.1, 0.15) is 0 Å². The van der Waals surface area contributed by atoms with Crippen LogP contribution < -0.4 is 0 Å². The zero-order valence-electron chi connectivity index (χ0n) is 9.94. The van der Waals surface area contributed by atoms with Crippen LogP contribution >= 0.6 is 0 Å². The third-order valence-electron chi connectivity index (χ3n) is 3.27. The summed E-state index contributed by atoms with van der Waals surface area (Å²) in [5.41, 5.74) is -0.311. The number of hydrogen-bond donors (Lipinski definition) is 1. The summed E-state index contributed by atoms with van der Waals surface area (Å²) in [5.74, 6) is -3.06. The van der Waals surface area contributed by atoms with Gasteiger partial charge in [0.15, 0.2) is 5.82 Å². The summed E-state index contributed by atoms with van der Waals surface area (Å²) in [4.78, 5) is 16.6. The van der Waals surface area contributed by atoms with Crippen LogP contribution in [0.3, 0.4) is 0 Å². The highest BCUT2D eigenvalue weighted by Crippen LogP contribution is 2.22. The van der Waals surface area contributed by atoms with Crippen molar-refractivity contribution in [1.82, 2.24) is 9.88 Å². The van der Waals surface area contributed by atoms with Crippen LogP contribution in [0.15, 0.2) is 12.3 Å². The van der Waals surface area contributed by atoms with Gasteiger partial charge < -0.3 is 10.0 Å². The molecule has 1 saturated heterocycles. The number of hydrogen-bond acceptors (Lipinski definition) is 3. The van der Waals surface area contributed by atoms with Crippen LogP contribution in [0.2, 0.25) is 0 Å². The van der Waals surface area contributed by atoms with Gasteiger partial charge in [-0.05, 0) is 19.4 Å². The molecule has 1 aliphatic heterocycles. The maximum absolute atomic E-state index is 13.4. The highest BCUT2D eigenvalue weighted by Gasteiger charge is 2.31. The van der Waals surface area contributed by atoms with Gasteiger partial charge in [-0.25, -0.2) is 9.37 Å². The molecule has 0 aliphatic carbocycles. The van der Waals surface area contributed by atoms with Crippen molar-refractivity contribution in [2.75, 3.05) is 13.1 Å². The van der Waals surface area contributed by atoms with Gasteiger partial charge in [-0.15, -0.1) is 0 Å². The number of pyridine rings is 1. The van der Waals surface area contributed by atoms with Gasteiger partial charge >= 0.3 is 0 Å². The molecule has 1 fully saturated rings. The van der Waals surface area contributed by atoms with Gasteiger partial charge in [-0.1, -0.05) is 0 Å². The summed E-state index contributed by atoms with van der Waals surface area (Å²) in [7, 11) is 0. The van der Waals surface area contributed by atoms with E-state index in [9.17, 15) is 18.7 Å². The van der Waals surface area contributed by atoms with Crippen molar-refractivity contribution in [2.45, 2.75) is 19.4 Å². The fourth-order valence-electron chi connectivity index (χ4n) is 2.12.